The molecule has 0 spiro atoms. The van der Waals surface area contributed by atoms with Gasteiger partial charge in [0.2, 0.25) is 5.95 Å². The number of imidazole rings is 1. The van der Waals surface area contributed by atoms with E-state index >= 15 is 0 Å². The van der Waals surface area contributed by atoms with E-state index < -0.39 is 0 Å². The summed E-state index contributed by atoms with van der Waals surface area (Å²) < 4.78 is 7.34. The predicted molar refractivity (Wildman–Crippen MR) is 111 cm³/mol. The van der Waals surface area contributed by atoms with Crippen molar-refractivity contribution in [3.8, 4) is 5.75 Å². The van der Waals surface area contributed by atoms with Gasteiger partial charge < -0.3 is 25.7 Å². The Hall–Kier alpha value is -2.87. The van der Waals surface area contributed by atoms with Crippen LogP contribution in [0, 0.1) is 0 Å². The highest BCUT2D eigenvalue weighted by Crippen LogP contribution is 2.27. The first-order chi connectivity index (χ1) is 13.7. The number of aromatic nitrogens is 4. The summed E-state index contributed by atoms with van der Waals surface area (Å²) in [6.45, 7) is 2.87. The molecular formula is C20H27N7O. The zero-order valence-electron chi connectivity index (χ0n) is 16.4. The van der Waals surface area contributed by atoms with Crippen molar-refractivity contribution in [3.05, 3.63) is 30.6 Å². The van der Waals surface area contributed by atoms with Gasteiger partial charge in [-0.15, -0.1) is 0 Å². The number of hydrogen-bond acceptors (Lipinski definition) is 7. The lowest BCUT2D eigenvalue weighted by molar-refractivity contribution is 0.410. The number of nitrogens with zero attached hydrogens (tertiary/aromatic N) is 4. The topological polar surface area (TPSA) is 103 Å². The van der Waals surface area contributed by atoms with Gasteiger partial charge in [0, 0.05) is 30.4 Å². The van der Waals surface area contributed by atoms with Gasteiger partial charge in [-0.25, -0.2) is 4.98 Å². The molecule has 0 saturated heterocycles. The molecule has 0 aliphatic heterocycles. The quantitative estimate of drug-likeness (QED) is 0.602. The Morgan fingerprint density at radius 3 is 2.79 bits per heavy atom. The first-order valence-corrected chi connectivity index (χ1v) is 9.82. The Morgan fingerprint density at radius 1 is 1.21 bits per heavy atom. The third kappa shape index (κ3) is 3.87. The number of methoxy groups -OCH3 is 1. The van der Waals surface area contributed by atoms with Crippen LogP contribution in [0.2, 0.25) is 0 Å². The van der Waals surface area contributed by atoms with Crippen LogP contribution < -0.4 is 21.1 Å². The number of nitrogens with one attached hydrogen (secondary N) is 2. The minimum atomic E-state index is 0.313. The number of rotatable bonds is 6. The zero-order chi connectivity index (χ0) is 19.5. The van der Waals surface area contributed by atoms with Crippen molar-refractivity contribution in [2.75, 3.05) is 17.7 Å². The number of benzene rings is 1. The maximum Gasteiger partial charge on any atom is 0.227 e. The molecule has 0 radical (unpaired) electrons. The normalized spacial score (nSPS) is 19.5. The first-order valence-electron chi connectivity index (χ1n) is 9.82. The van der Waals surface area contributed by atoms with E-state index in [9.17, 15) is 0 Å². The molecule has 4 N–H and O–H groups in total. The summed E-state index contributed by atoms with van der Waals surface area (Å²) in [5, 5.41) is 6.88. The van der Waals surface area contributed by atoms with E-state index in [0.29, 0.717) is 23.8 Å². The average molecular weight is 381 g/mol. The smallest absolute Gasteiger partial charge is 0.227 e. The summed E-state index contributed by atoms with van der Waals surface area (Å²) in [6.07, 6.45) is 5.94. The fourth-order valence-electron chi connectivity index (χ4n) is 3.61. The van der Waals surface area contributed by atoms with Crippen molar-refractivity contribution in [2.45, 2.75) is 51.2 Å². The molecule has 0 amide bonds. The van der Waals surface area contributed by atoms with Gasteiger partial charge in [-0.05, 0) is 44.7 Å². The summed E-state index contributed by atoms with van der Waals surface area (Å²) in [5.74, 6) is 2.08. The lowest BCUT2D eigenvalue weighted by Gasteiger charge is -2.26. The van der Waals surface area contributed by atoms with Gasteiger partial charge in [-0.3, -0.25) is 0 Å². The Balaban J connectivity index is 1.66. The summed E-state index contributed by atoms with van der Waals surface area (Å²) >= 11 is 0. The van der Waals surface area contributed by atoms with Crippen LogP contribution in [0.1, 0.15) is 32.6 Å². The average Bonchev–Trinajstić information content (AvgIpc) is 3.13. The van der Waals surface area contributed by atoms with Crippen LogP contribution >= 0.6 is 0 Å². The van der Waals surface area contributed by atoms with Crippen LogP contribution in [-0.2, 0) is 6.54 Å². The largest absolute Gasteiger partial charge is 0.497 e. The second-order valence-electron chi connectivity index (χ2n) is 7.21. The van der Waals surface area contributed by atoms with Gasteiger partial charge in [-0.1, -0.05) is 6.07 Å². The lowest BCUT2D eigenvalue weighted by Crippen LogP contribution is -2.33. The van der Waals surface area contributed by atoms with Gasteiger partial charge in [0.15, 0.2) is 17.0 Å². The molecule has 8 nitrogen and oxygen atoms in total. The van der Waals surface area contributed by atoms with Crippen molar-refractivity contribution >= 4 is 28.6 Å². The van der Waals surface area contributed by atoms with Crippen molar-refractivity contribution in [1.29, 1.82) is 0 Å². The molecule has 28 heavy (non-hydrogen) atoms. The van der Waals surface area contributed by atoms with Gasteiger partial charge in [-0.2, -0.15) is 9.97 Å². The highest BCUT2D eigenvalue weighted by atomic mass is 16.5. The minimum absolute atomic E-state index is 0.313. The Kier molecular flexibility index (Phi) is 5.29. The molecule has 148 valence electrons. The molecule has 2 aromatic heterocycles. The number of ether oxygens (including phenoxy) is 1. The van der Waals surface area contributed by atoms with Crippen molar-refractivity contribution < 1.29 is 4.74 Å². The molecule has 1 aliphatic rings. The molecule has 8 heteroatoms. The Bertz CT molecular complexity index is 947. The Labute approximate surface area is 164 Å². The monoisotopic (exact) mass is 381 g/mol. The summed E-state index contributed by atoms with van der Waals surface area (Å²) in [6, 6.07) is 8.42. The number of fused-ring (bicyclic) bond motifs is 1. The number of hydrogen-bond donors (Lipinski definition) is 3. The van der Waals surface area contributed by atoms with Crippen LogP contribution in [0.4, 0.5) is 17.5 Å². The van der Waals surface area contributed by atoms with Crippen LogP contribution in [0.3, 0.4) is 0 Å². The van der Waals surface area contributed by atoms with E-state index in [2.05, 4.69) is 22.5 Å². The molecule has 1 saturated carbocycles. The standard InChI is InChI=1S/C20H27N7O/c1-3-27-12-22-17-18(23-15-5-4-6-16(11-15)28-2)25-20(26-19(17)27)24-14-9-7-13(21)8-10-14/h4-6,11-14H,3,7-10,21H2,1-2H3,(H2,23,24,25,26). The second kappa shape index (κ2) is 8.02. The molecule has 0 atom stereocenters. The van der Waals surface area contributed by atoms with E-state index in [1.807, 2.05) is 28.8 Å². The Morgan fingerprint density at radius 2 is 2.04 bits per heavy atom. The van der Waals surface area contributed by atoms with Crippen molar-refractivity contribution in [2.24, 2.45) is 5.73 Å². The molecule has 1 fully saturated rings. The number of aryl methyl sites for hydroxylation is 1. The van der Waals surface area contributed by atoms with Gasteiger partial charge in [0.05, 0.1) is 13.4 Å². The van der Waals surface area contributed by atoms with E-state index in [0.717, 1.165) is 54.8 Å². The predicted octanol–water partition coefficient (Wildman–Crippen LogP) is 3.28. The fourth-order valence-corrected chi connectivity index (χ4v) is 3.61. The van der Waals surface area contributed by atoms with Crippen LogP contribution in [0.5, 0.6) is 5.75 Å². The molecule has 4 rings (SSSR count). The maximum absolute atomic E-state index is 6.03. The fraction of sp³-hybridized carbons (Fsp3) is 0.450. The highest BCUT2D eigenvalue weighted by Gasteiger charge is 2.20. The van der Waals surface area contributed by atoms with Crippen LogP contribution in [0.15, 0.2) is 30.6 Å². The van der Waals surface area contributed by atoms with Crippen LogP contribution in [0.25, 0.3) is 11.2 Å². The lowest BCUT2D eigenvalue weighted by atomic mass is 9.92. The van der Waals surface area contributed by atoms with Gasteiger partial charge in [0.25, 0.3) is 0 Å². The first kappa shape index (κ1) is 18.5. The van der Waals surface area contributed by atoms with Crippen molar-refractivity contribution in [3.63, 3.8) is 0 Å². The van der Waals surface area contributed by atoms with E-state index in [1.54, 1.807) is 13.4 Å². The van der Waals surface area contributed by atoms with E-state index in [-0.39, 0.29) is 0 Å². The molecule has 0 bridgehead atoms. The second-order valence-corrected chi connectivity index (χ2v) is 7.21. The van der Waals surface area contributed by atoms with Gasteiger partial charge >= 0.3 is 0 Å². The van der Waals surface area contributed by atoms with Crippen LogP contribution in [-0.4, -0.2) is 38.7 Å². The summed E-state index contributed by atoms with van der Waals surface area (Å²) in [4.78, 5) is 14.0. The highest BCUT2D eigenvalue weighted by molar-refractivity contribution is 5.86. The minimum Gasteiger partial charge on any atom is -0.497 e. The summed E-state index contributed by atoms with van der Waals surface area (Å²) in [7, 11) is 1.66. The molecule has 1 aliphatic carbocycles. The molecule has 2 heterocycles. The molecule has 3 aromatic rings. The SMILES string of the molecule is CCn1cnc2c(Nc3cccc(OC)c3)nc(NC3CCC(N)CC3)nc21. The van der Waals surface area contributed by atoms with Crippen molar-refractivity contribution in [1.82, 2.24) is 19.5 Å². The van der Waals surface area contributed by atoms with E-state index in [1.165, 1.54) is 0 Å². The third-order valence-corrected chi connectivity index (χ3v) is 5.24. The van der Waals surface area contributed by atoms with Gasteiger partial charge in [0.1, 0.15) is 5.75 Å². The maximum atomic E-state index is 6.03. The summed E-state index contributed by atoms with van der Waals surface area (Å²) in [5.41, 5.74) is 8.49. The number of nitrogens with two attached hydrogens (primary N) is 1. The molecular weight excluding hydrogens is 354 g/mol. The van der Waals surface area contributed by atoms with E-state index in [4.69, 9.17) is 20.4 Å². The molecule has 1 aromatic carbocycles. The molecule has 0 unspecified atom stereocenters. The number of anilines is 3. The third-order valence-electron chi connectivity index (χ3n) is 5.24. The zero-order valence-corrected chi connectivity index (χ0v) is 16.4.